The van der Waals surface area contributed by atoms with Crippen molar-refractivity contribution < 1.29 is 4.79 Å². The van der Waals surface area contributed by atoms with Gasteiger partial charge in [-0.3, -0.25) is 4.79 Å². The minimum atomic E-state index is -0.155. The Kier molecular flexibility index (Phi) is 4.59. The lowest BCUT2D eigenvalue weighted by Gasteiger charge is -2.21. The predicted octanol–water partition coefficient (Wildman–Crippen LogP) is 1.83. The van der Waals surface area contributed by atoms with Crippen LogP contribution in [0.4, 0.5) is 0 Å². The molecule has 1 saturated heterocycles. The van der Waals surface area contributed by atoms with Gasteiger partial charge in [-0.15, -0.1) is 0 Å². The second-order valence-electron chi connectivity index (χ2n) is 4.31. The number of nitrogens with one attached hydrogen (secondary N) is 1. The number of thioether (sulfide) groups is 1. The van der Waals surface area contributed by atoms with Crippen molar-refractivity contribution in [1.82, 2.24) is 10.3 Å². The van der Waals surface area contributed by atoms with Crippen LogP contribution in [-0.4, -0.2) is 28.9 Å². The Bertz CT molecular complexity index is 446. The van der Waals surface area contributed by atoms with Gasteiger partial charge in [-0.1, -0.05) is 0 Å². The van der Waals surface area contributed by atoms with E-state index in [2.05, 4.69) is 10.3 Å². The zero-order valence-corrected chi connectivity index (χ0v) is 10.9. The molecule has 0 aromatic carbocycles. The van der Waals surface area contributed by atoms with Gasteiger partial charge in [0, 0.05) is 12.7 Å². The van der Waals surface area contributed by atoms with E-state index in [-0.39, 0.29) is 5.91 Å². The number of carbonyl (C=O) groups is 1. The van der Waals surface area contributed by atoms with E-state index in [1.165, 1.54) is 30.5 Å². The van der Waals surface area contributed by atoms with Gasteiger partial charge in [0.2, 0.25) is 0 Å². The standard InChI is InChI=1S/C13H15N3OS/c14-7-11-1-2-12(15-9-11)13(17)16-8-10-3-5-18-6-4-10/h1-2,9-10H,3-6,8H2,(H,16,17). The van der Waals surface area contributed by atoms with E-state index in [9.17, 15) is 4.79 Å². The van der Waals surface area contributed by atoms with Gasteiger partial charge in [-0.05, 0) is 42.4 Å². The van der Waals surface area contributed by atoms with Crippen LogP contribution in [0, 0.1) is 17.2 Å². The molecule has 1 aliphatic rings. The molecule has 1 aromatic rings. The summed E-state index contributed by atoms with van der Waals surface area (Å²) >= 11 is 1.98. The average molecular weight is 261 g/mol. The first-order chi connectivity index (χ1) is 8.79. The Morgan fingerprint density at radius 1 is 1.50 bits per heavy atom. The van der Waals surface area contributed by atoms with Crippen molar-refractivity contribution in [2.24, 2.45) is 5.92 Å². The SMILES string of the molecule is N#Cc1ccc(C(=O)NCC2CCSCC2)nc1. The fourth-order valence-electron chi connectivity index (χ4n) is 1.87. The van der Waals surface area contributed by atoms with Crippen molar-refractivity contribution in [1.29, 1.82) is 5.26 Å². The fraction of sp³-hybridized carbons (Fsp3) is 0.462. The first-order valence-corrected chi connectivity index (χ1v) is 7.17. The lowest BCUT2D eigenvalue weighted by Crippen LogP contribution is -2.31. The molecular weight excluding hydrogens is 246 g/mol. The molecule has 4 nitrogen and oxygen atoms in total. The summed E-state index contributed by atoms with van der Waals surface area (Å²) in [5, 5.41) is 11.6. The number of amides is 1. The molecule has 1 amide bonds. The van der Waals surface area contributed by atoms with Crippen molar-refractivity contribution in [2.45, 2.75) is 12.8 Å². The van der Waals surface area contributed by atoms with Crippen molar-refractivity contribution >= 4 is 17.7 Å². The number of aromatic nitrogens is 1. The van der Waals surface area contributed by atoms with Gasteiger partial charge in [0.05, 0.1) is 5.56 Å². The molecule has 1 aromatic heterocycles. The molecule has 2 rings (SSSR count). The van der Waals surface area contributed by atoms with Crippen LogP contribution < -0.4 is 5.32 Å². The molecule has 0 spiro atoms. The maximum Gasteiger partial charge on any atom is 0.269 e. The van der Waals surface area contributed by atoms with E-state index in [0.717, 1.165) is 6.54 Å². The molecule has 0 bridgehead atoms. The van der Waals surface area contributed by atoms with E-state index in [1.807, 2.05) is 17.8 Å². The van der Waals surface area contributed by atoms with Crippen LogP contribution in [0.3, 0.4) is 0 Å². The number of nitriles is 1. The quantitative estimate of drug-likeness (QED) is 0.901. The highest BCUT2D eigenvalue weighted by molar-refractivity contribution is 7.99. The second kappa shape index (κ2) is 6.41. The Balaban J connectivity index is 1.85. The first-order valence-electron chi connectivity index (χ1n) is 6.01. The van der Waals surface area contributed by atoms with Crippen molar-refractivity contribution in [3.8, 4) is 6.07 Å². The number of carbonyl (C=O) groups excluding carboxylic acids is 1. The Hall–Kier alpha value is -1.54. The summed E-state index contributed by atoms with van der Waals surface area (Å²) in [6.07, 6.45) is 3.77. The van der Waals surface area contributed by atoms with Gasteiger partial charge >= 0.3 is 0 Å². The molecule has 5 heteroatoms. The van der Waals surface area contributed by atoms with Crippen LogP contribution in [-0.2, 0) is 0 Å². The summed E-state index contributed by atoms with van der Waals surface area (Å²) in [6, 6.07) is 5.18. The van der Waals surface area contributed by atoms with Crippen LogP contribution in [0.5, 0.6) is 0 Å². The minimum absolute atomic E-state index is 0.155. The van der Waals surface area contributed by atoms with Crippen LogP contribution in [0.25, 0.3) is 0 Å². The van der Waals surface area contributed by atoms with Gasteiger partial charge in [0.15, 0.2) is 0 Å². The van der Waals surface area contributed by atoms with Gasteiger partial charge in [0.25, 0.3) is 5.91 Å². The van der Waals surface area contributed by atoms with Crippen LogP contribution in [0.1, 0.15) is 28.9 Å². The molecule has 18 heavy (non-hydrogen) atoms. The predicted molar refractivity (Wildman–Crippen MR) is 71.3 cm³/mol. The number of pyridine rings is 1. The maximum atomic E-state index is 11.8. The molecule has 0 radical (unpaired) electrons. The maximum absolute atomic E-state index is 11.8. The number of rotatable bonds is 3. The van der Waals surface area contributed by atoms with E-state index >= 15 is 0 Å². The molecule has 2 heterocycles. The van der Waals surface area contributed by atoms with Crippen LogP contribution >= 0.6 is 11.8 Å². The fourth-order valence-corrected chi connectivity index (χ4v) is 3.08. The zero-order chi connectivity index (χ0) is 12.8. The summed E-state index contributed by atoms with van der Waals surface area (Å²) in [7, 11) is 0. The molecule has 0 unspecified atom stereocenters. The third-order valence-electron chi connectivity index (χ3n) is 3.02. The summed E-state index contributed by atoms with van der Waals surface area (Å²) < 4.78 is 0. The van der Waals surface area contributed by atoms with Gasteiger partial charge in [-0.25, -0.2) is 4.98 Å². The molecule has 94 valence electrons. The smallest absolute Gasteiger partial charge is 0.269 e. The number of hydrogen-bond donors (Lipinski definition) is 1. The van der Waals surface area contributed by atoms with Gasteiger partial charge in [0.1, 0.15) is 11.8 Å². The highest BCUT2D eigenvalue weighted by atomic mass is 32.2. The first kappa shape index (κ1) is 12.9. The van der Waals surface area contributed by atoms with Crippen LogP contribution in [0.2, 0.25) is 0 Å². The van der Waals surface area contributed by atoms with Gasteiger partial charge in [-0.2, -0.15) is 17.0 Å². The van der Waals surface area contributed by atoms with E-state index in [1.54, 1.807) is 12.1 Å². The summed E-state index contributed by atoms with van der Waals surface area (Å²) in [6.45, 7) is 0.723. The monoisotopic (exact) mass is 261 g/mol. The number of nitrogens with zero attached hydrogens (tertiary/aromatic N) is 2. The Morgan fingerprint density at radius 3 is 2.89 bits per heavy atom. The largest absolute Gasteiger partial charge is 0.350 e. The summed E-state index contributed by atoms with van der Waals surface area (Å²) in [5.74, 6) is 2.82. The minimum Gasteiger partial charge on any atom is -0.350 e. The van der Waals surface area contributed by atoms with E-state index < -0.39 is 0 Å². The average Bonchev–Trinajstić information content (AvgIpc) is 2.46. The Labute approximate surface area is 111 Å². The highest BCUT2D eigenvalue weighted by Crippen LogP contribution is 2.21. The second-order valence-corrected chi connectivity index (χ2v) is 5.53. The molecule has 1 N–H and O–H groups in total. The van der Waals surface area contributed by atoms with E-state index in [0.29, 0.717) is 17.2 Å². The zero-order valence-electron chi connectivity index (χ0n) is 10.1. The normalized spacial score (nSPS) is 15.9. The van der Waals surface area contributed by atoms with E-state index in [4.69, 9.17) is 5.26 Å². The third kappa shape index (κ3) is 3.47. The molecule has 0 aliphatic carbocycles. The molecular formula is C13H15N3OS. The third-order valence-corrected chi connectivity index (χ3v) is 4.07. The van der Waals surface area contributed by atoms with Gasteiger partial charge < -0.3 is 5.32 Å². The number of hydrogen-bond acceptors (Lipinski definition) is 4. The lowest BCUT2D eigenvalue weighted by molar-refractivity contribution is 0.0941. The highest BCUT2D eigenvalue weighted by Gasteiger charge is 2.15. The Morgan fingerprint density at radius 2 is 2.28 bits per heavy atom. The van der Waals surface area contributed by atoms with Crippen molar-refractivity contribution in [3.63, 3.8) is 0 Å². The van der Waals surface area contributed by atoms with Crippen LogP contribution in [0.15, 0.2) is 18.3 Å². The molecule has 1 fully saturated rings. The molecule has 0 saturated carbocycles. The molecule has 1 aliphatic heterocycles. The van der Waals surface area contributed by atoms with Crippen molar-refractivity contribution in [3.05, 3.63) is 29.6 Å². The lowest BCUT2D eigenvalue weighted by atomic mass is 10.0. The summed E-state index contributed by atoms with van der Waals surface area (Å²) in [5.41, 5.74) is 0.843. The van der Waals surface area contributed by atoms with Crippen molar-refractivity contribution in [2.75, 3.05) is 18.1 Å². The topological polar surface area (TPSA) is 65.8 Å². The summed E-state index contributed by atoms with van der Waals surface area (Å²) in [4.78, 5) is 15.8. The molecule has 0 atom stereocenters.